The van der Waals surface area contributed by atoms with Crippen molar-refractivity contribution in [1.29, 1.82) is 0 Å². The Morgan fingerprint density at radius 3 is 2.64 bits per heavy atom. The van der Waals surface area contributed by atoms with Crippen molar-refractivity contribution >= 4 is 33.4 Å². The van der Waals surface area contributed by atoms with Crippen LogP contribution < -0.4 is 9.47 Å². The summed E-state index contributed by atoms with van der Waals surface area (Å²) < 4.78 is 12.0. The van der Waals surface area contributed by atoms with Crippen LogP contribution in [0.25, 0.3) is 5.76 Å². The highest BCUT2D eigenvalue weighted by Gasteiger charge is 2.46. The molecule has 0 aliphatic carbocycles. The zero-order valence-electron chi connectivity index (χ0n) is 17.4. The van der Waals surface area contributed by atoms with E-state index in [9.17, 15) is 14.7 Å². The van der Waals surface area contributed by atoms with Crippen LogP contribution >= 0.6 is 15.9 Å². The van der Waals surface area contributed by atoms with Gasteiger partial charge in [0, 0.05) is 29.0 Å². The Bertz CT molecular complexity index is 1270. The second kappa shape index (κ2) is 8.71. The van der Waals surface area contributed by atoms with Crippen LogP contribution in [0.15, 0.2) is 77.0 Å². The molecule has 0 saturated carbocycles. The number of rotatable bonds is 4. The highest BCUT2D eigenvalue weighted by molar-refractivity contribution is 9.10. The Balaban J connectivity index is 1.64. The fourth-order valence-corrected chi connectivity index (χ4v) is 4.52. The van der Waals surface area contributed by atoms with E-state index in [4.69, 9.17) is 9.47 Å². The number of benzene rings is 2. The van der Waals surface area contributed by atoms with Crippen LogP contribution in [-0.4, -0.2) is 39.9 Å². The molecular formula is C25H19BrN2O5. The number of carbonyl (C=O) groups is 2. The van der Waals surface area contributed by atoms with Crippen molar-refractivity contribution in [3.05, 3.63) is 93.7 Å². The average molecular weight is 507 g/mol. The summed E-state index contributed by atoms with van der Waals surface area (Å²) in [5, 5.41) is 11.3. The molecule has 0 radical (unpaired) electrons. The molecule has 3 heterocycles. The van der Waals surface area contributed by atoms with Crippen LogP contribution in [0.3, 0.4) is 0 Å². The summed E-state index contributed by atoms with van der Waals surface area (Å²) in [5.41, 5.74) is 1.88. The summed E-state index contributed by atoms with van der Waals surface area (Å²) >= 11 is 3.46. The molecule has 1 atom stereocenters. The number of amides is 1. The molecule has 5 rings (SSSR count). The maximum atomic E-state index is 13.2. The predicted molar refractivity (Wildman–Crippen MR) is 124 cm³/mol. The van der Waals surface area contributed by atoms with Crippen molar-refractivity contribution in [3.8, 4) is 11.5 Å². The number of hydrogen-bond acceptors (Lipinski definition) is 6. The molecular weight excluding hydrogens is 488 g/mol. The van der Waals surface area contributed by atoms with E-state index in [-0.39, 0.29) is 17.9 Å². The van der Waals surface area contributed by atoms with E-state index in [1.165, 1.54) is 4.90 Å². The number of aliphatic hydroxyl groups excluding tert-OH is 1. The first-order valence-electron chi connectivity index (χ1n) is 10.4. The minimum Gasteiger partial charge on any atom is -0.507 e. The van der Waals surface area contributed by atoms with E-state index >= 15 is 0 Å². The molecule has 0 bridgehead atoms. The van der Waals surface area contributed by atoms with Crippen LogP contribution in [0.5, 0.6) is 11.5 Å². The fourth-order valence-electron chi connectivity index (χ4n) is 4.10. The number of fused-ring (bicyclic) bond motifs is 1. The number of ether oxygens (including phenoxy) is 2. The minimum atomic E-state index is -0.768. The second-order valence-corrected chi connectivity index (χ2v) is 8.62. The monoisotopic (exact) mass is 506 g/mol. The van der Waals surface area contributed by atoms with E-state index in [1.54, 1.807) is 36.7 Å². The third kappa shape index (κ3) is 3.98. The Kier molecular flexibility index (Phi) is 5.60. The van der Waals surface area contributed by atoms with Gasteiger partial charge in [-0.25, -0.2) is 0 Å². The Morgan fingerprint density at radius 2 is 1.88 bits per heavy atom. The molecule has 33 heavy (non-hydrogen) atoms. The van der Waals surface area contributed by atoms with Crippen molar-refractivity contribution in [2.24, 2.45) is 0 Å². The Morgan fingerprint density at radius 1 is 1.06 bits per heavy atom. The lowest BCUT2D eigenvalue weighted by Gasteiger charge is -2.25. The van der Waals surface area contributed by atoms with Crippen molar-refractivity contribution in [1.82, 2.24) is 9.88 Å². The normalized spacial score (nSPS) is 19.1. The zero-order chi connectivity index (χ0) is 22.9. The topological polar surface area (TPSA) is 89.0 Å². The van der Waals surface area contributed by atoms with Gasteiger partial charge in [0.25, 0.3) is 11.7 Å². The molecule has 3 aromatic rings. The molecule has 1 saturated heterocycles. The van der Waals surface area contributed by atoms with E-state index in [1.807, 2.05) is 30.3 Å². The fraction of sp³-hybridized carbons (Fsp3) is 0.160. The number of aliphatic hydroxyl groups is 1. The van der Waals surface area contributed by atoms with Gasteiger partial charge in [0.2, 0.25) is 0 Å². The zero-order valence-corrected chi connectivity index (χ0v) is 19.0. The molecule has 2 aromatic carbocycles. The molecule has 1 N–H and O–H groups in total. The quantitative estimate of drug-likeness (QED) is 0.323. The van der Waals surface area contributed by atoms with Crippen molar-refractivity contribution < 1.29 is 24.2 Å². The SMILES string of the molecule is O=C1C(=O)N(Cc2cccnc2)[C@H](c2cccc(Br)c2)/C1=C(\O)c1ccc2c(c1)OCCO2. The van der Waals surface area contributed by atoms with Gasteiger partial charge in [-0.3, -0.25) is 14.6 Å². The van der Waals surface area contributed by atoms with Gasteiger partial charge >= 0.3 is 0 Å². The average Bonchev–Trinajstić information content (AvgIpc) is 3.09. The second-order valence-electron chi connectivity index (χ2n) is 7.70. The van der Waals surface area contributed by atoms with Crippen LogP contribution in [0.4, 0.5) is 0 Å². The molecule has 1 amide bonds. The molecule has 2 aliphatic rings. The molecule has 1 aromatic heterocycles. The van der Waals surface area contributed by atoms with E-state index < -0.39 is 17.7 Å². The van der Waals surface area contributed by atoms with Gasteiger partial charge in [0.1, 0.15) is 19.0 Å². The highest BCUT2D eigenvalue weighted by atomic mass is 79.9. The largest absolute Gasteiger partial charge is 0.507 e. The summed E-state index contributed by atoms with van der Waals surface area (Å²) in [6, 6.07) is 15.1. The number of aromatic nitrogens is 1. The number of carbonyl (C=O) groups excluding carboxylic acids is 2. The van der Waals surface area contributed by atoms with E-state index in [0.29, 0.717) is 35.8 Å². The maximum absolute atomic E-state index is 13.2. The van der Waals surface area contributed by atoms with Crippen molar-refractivity contribution in [2.45, 2.75) is 12.6 Å². The van der Waals surface area contributed by atoms with Gasteiger partial charge in [-0.15, -0.1) is 0 Å². The summed E-state index contributed by atoms with van der Waals surface area (Å²) in [7, 11) is 0. The lowest BCUT2D eigenvalue weighted by Crippen LogP contribution is -2.29. The molecule has 8 heteroatoms. The first-order chi connectivity index (χ1) is 16.0. The van der Waals surface area contributed by atoms with Gasteiger partial charge < -0.3 is 19.5 Å². The molecule has 0 spiro atoms. The number of Topliss-reactive ketones (excluding diaryl/α,β-unsaturated/α-hetero) is 1. The Labute approximate surface area is 198 Å². The summed E-state index contributed by atoms with van der Waals surface area (Å²) in [5.74, 6) is -0.629. The number of hydrogen-bond donors (Lipinski definition) is 1. The van der Waals surface area contributed by atoms with Crippen LogP contribution in [0, 0.1) is 0 Å². The van der Waals surface area contributed by atoms with Crippen LogP contribution in [-0.2, 0) is 16.1 Å². The molecule has 166 valence electrons. The maximum Gasteiger partial charge on any atom is 0.295 e. The standard InChI is InChI=1S/C25H19BrN2O5/c26-18-5-1-4-16(11-18)22-21(23(29)17-6-7-19-20(12-17)33-10-9-32-19)24(30)25(31)28(22)14-15-3-2-8-27-13-15/h1-8,11-13,22,29H,9-10,14H2/b23-21+/t22-/m1/s1. The first kappa shape index (κ1) is 21.2. The van der Waals surface area contributed by atoms with Crippen LogP contribution in [0.1, 0.15) is 22.7 Å². The van der Waals surface area contributed by atoms with Gasteiger partial charge in [-0.05, 0) is 47.5 Å². The number of pyridine rings is 1. The third-order valence-electron chi connectivity index (χ3n) is 5.60. The molecule has 2 aliphatic heterocycles. The summed E-state index contributed by atoms with van der Waals surface area (Å²) in [4.78, 5) is 31.9. The third-order valence-corrected chi connectivity index (χ3v) is 6.09. The van der Waals surface area contributed by atoms with Gasteiger partial charge in [-0.1, -0.05) is 34.1 Å². The lowest BCUT2D eigenvalue weighted by molar-refractivity contribution is -0.140. The molecule has 0 unspecified atom stereocenters. The smallest absolute Gasteiger partial charge is 0.295 e. The van der Waals surface area contributed by atoms with Crippen molar-refractivity contribution in [3.63, 3.8) is 0 Å². The van der Waals surface area contributed by atoms with E-state index in [2.05, 4.69) is 20.9 Å². The number of likely N-dealkylation sites (tertiary alicyclic amines) is 1. The number of nitrogens with zero attached hydrogens (tertiary/aromatic N) is 2. The molecule has 7 nitrogen and oxygen atoms in total. The lowest BCUT2D eigenvalue weighted by atomic mass is 9.95. The van der Waals surface area contributed by atoms with Crippen LogP contribution in [0.2, 0.25) is 0 Å². The predicted octanol–water partition coefficient (Wildman–Crippen LogP) is 4.24. The summed E-state index contributed by atoms with van der Waals surface area (Å²) in [6.07, 6.45) is 3.30. The molecule has 1 fully saturated rings. The van der Waals surface area contributed by atoms with Crippen molar-refractivity contribution in [2.75, 3.05) is 13.2 Å². The number of ketones is 1. The number of halogens is 1. The van der Waals surface area contributed by atoms with Gasteiger partial charge in [0.15, 0.2) is 11.5 Å². The van der Waals surface area contributed by atoms with Gasteiger partial charge in [0.05, 0.1) is 11.6 Å². The van der Waals surface area contributed by atoms with Gasteiger partial charge in [-0.2, -0.15) is 0 Å². The van der Waals surface area contributed by atoms with E-state index in [0.717, 1.165) is 10.0 Å². The first-order valence-corrected chi connectivity index (χ1v) is 11.1. The minimum absolute atomic E-state index is 0.0265. The summed E-state index contributed by atoms with van der Waals surface area (Å²) in [6.45, 7) is 1.01. The Hall–Kier alpha value is -3.65. The highest BCUT2D eigenvalue weighted by Crippen LogP contribution is 2.42.